The van der Waals surface area contributed by atoms with Gasteiger partial charge in [0.25, 0.3) is 0 Å². The van der Waals surface area contributed by atoms with Crippen LogP contribution in [0.4, 0.5) is 4.79 Å². The van der Waals surface area contributed by atoms with Crippen LogP contribution in [0.25, 0.3) is 0 Å². The summed E-state index contributed by atoms with van der Waals surface area (Å²) < 4.78 is 24.3. The molecule has 0 spiro atoms. The summed E-state index contributed by atoms with van der Waals surface area (Å²) in [5, 5.41) is 2.88. The fourth-order valence-corrected chi connectivity index (χ4v) is 3.71. The smallest absolute Gasteiger partial charge is 0.317 e. The number of rotatable bonds is 6. The first-order chi connectivity index (χ1) is 10.5. The molecule has 7 nitrogen and oxygen atoms in total. The Balaban J connectivity index is 1.66. The van der Waals surface area contributed by atoms with Gasteiger partial charge in [0.1, 0.15) is 0 Å². The van der Waals surface area contributed by atoms with Gasteiger partial charge in [-0.1, -0.05) is 0 Å². The predicted octanol–water partition coefficient (Wildman–Crippen LogP) is 0.196. The van der Waals surface area contributed by atoms with Crippen LogP contribution in [0.3, 0.4) is 0 Å². The maximum atomic E-state index is 12.2. The molecule has 2 heterocycles. The molecule has 2 saturated heterocycles. The van der Waals surface area contributed by atoms with Gasteiger partial charge in [-0.3, -0.25) is 4.90 Å². The van der Waals surface area contributed by atoms with Crippen molar-refractivity contribution < 1.29 is 13.2 Å². The van der Waals surface area contributed by atoms with Crippen molar-refractivity contribution in [1.29, 1.82) is 0 Å². The summed E-state index contributed by atoms with van der Waals surface area (Å²) in [6.07, 6.45) is 6.53. The molecule has 0 unspecified atom stereocenters. The Morgan fingerprint density at radius 3 is 2.55 bits per heavy atom. The molecule has 2 amide bonds. The number of sulfonamides is 1. The summed E-state index contributed by atoms with van der Waals surface area (Å²) in [4.78, 5) is 16.6. The second-order valence-corrected chi connectivity index (χ2v) is 8.07. The van der Waals surface area contributed by atoms with Gasteiger partial charge in [-0.25, -0.2) is 17.9 Å². The largest absolute Gasteiger partial charge is 0.338 e. The van der Waals surface area contributed by atoms with E-state index in [1.165, 1.54) is 19.3 Å². The lowest BCUT2D eigenvalue weighted by molar-refractivity contribution is 0.125. The molecular weight excluding hydrogens is 304 g/mol. The normalized spacial score (nSPS) is 23.7. The standard InChI is InChI=1S/C14H28N4O3S/c1-22(20,21)16-8-5-7-15-14(19)18-11-4-6-13(12-18)17-9-2-3-10-17/h13,16H,2-12H2,1H3,(H,15,19)/t13-/m0/s1. The number of piperidine rings is 1. The third-order valence-corrected chi connectivity index (χ3v) is 5.06. The molecular formula is C14H28N4O3S. The quantitative estimate of drug-likeness (QED) is 0.681. The second kappa shape index (κ2) is 8.12. The molecule has 22 heavy (non-hydrogen) atoms. The van der Waals surface area contributed by atoms with Crippen LogP contribution in [-0.2, 0) is 10.0 Å². The van der Waals surface area contributed by atoms with E-state index < -0.39 is 10.0 Å². The molecule has 2 rings (SSSR count). The molecule has 2 fully saturated rings. The van der Waals surface area contributed by atoms with E-state index in [9.17, 15) is 13.2 Å². The van der Waals surface area contributed by atoms with Gasteiger partial charge in [0.05, 0.1) is 6.26 Å². The number of carbonyl (C=O) groups is 1. The Hall–Kier alpha value is -0.860. The van der Waals surface area contributed by atoms with E-state index in [0.717, 1.165) is 38.9 Å². The van der Waals surface area contributed by atoms with Crippen molar-refractivity contribution in [2.75, 3.05) is 45.5 Å². The van der Waals surface area contributed by atoms with Crippen LogP contribution in [0.1, 0.15) is 32.1 Å². The summed E-state index contributed by atoms with van der Waals surface area (Å²) in [6.45, 7) is 4.81. The molecule has 128 valence electrons. The Morgan fingerprint density at radius 2 is 1.86 bits per heavy atom. The number of nitrogens with one attached hydrogen (secondary N) is 2. The zero-order valence-electron chi connectivity index (χ0n) is 13.4. The van der Waals surface area contributed by atoms with Crippen LogP contribution in [0.2, 0.25) is 0 Å². The molecule has 2 N–H and O–H groups in total. The third kappa shape index (κ3) is 5.73. The van der Waals surface area contributed by atoms with Crippen LogP contribution in [-0.4, -0.2) is 75.8 Å². The van der Waals surface area contributed by atoms with Gasteiger partial charge in [-0.2, -0.15) is 0 Å². The van der Waals surface area contributed by atoms with Crippen LogP contribution in [0.5, 0.6) is 0 Å². The summed E-state index contributed by atoms with van der Waals surface area (Å²) in [7, 11) is -3.14. The van der Waals surface area contributed by atoms with Crippen LogP contribution < -0.4 is 10.0 Å². The second-order valence-electron chi connectivity index (χ2n) is 6.24. The van der Waals surface area contributed by atoms with E-state index in [1.807, 2.05) is 4.90 Å². The molecule has 2 aliphatic rings. The predicted molar refractivity (Wildman–Crippen MR) is 86.3 cm³/mol. The van der Waals surface area contributed by atoms with Crippen molar-refractivity contribution in [3.8, 4) is 0 Å². The van der Waals surface area contributed by atoms with Crippen molar-refractivity contribution in [1.82, 2.24) is 19.8 Å². The number of amides is 2. The van der Waals surface area contributed by atoms with Crippen LogP contribution in [0, 0.1) is 0 Å². The first kappa shape index (κ1) is 17.5. The molecule has 0 aromatic carbocycles. The Kier molecular flexibility index (Phi) is 6.46. The first-order valence-corrected chi connectivity index (χ1v) is 10.1. The fraction of sp³-hybridized carbons (Fsp3) is 0.929. The summed E-state index contributed by atoms with van der Waals surface area (Å²) >= 11 is 0. The number of urea groups is 1. The summed E-state index contributed by atoms with van der Waals surface area (Å²) in [6, 6.07) is 0.483. The summed E-state index contributed by atoms with van der Waals surface area (Å²) in [5.41, 5.74) is 0. The SMILES string of the molecule is CS(=O)(=O)NCCCNC(=O)N1CCC[C@H](N2CCCC2)C1. The molecule has 0 aromatic heterocycles. The first-order valence-electron chi connectivity index (χ1n) is 8.17. The molecule has 1 atom stereocenters. The van der Waals surface area contributed by atoms with Crippen LogP contribution >= 0.6 is 0 Å². The van der Waals surface area contributed by atoms with E-state index in [4.69, 9.17) is 0 Å². The van der Waals surface area contributed by atoms with Gasteiger partial charge in [0.2, 0.25) is 10.0 Å². The van der Waals surface area contributed by atoms with Gasteiger partial charge in [0, 0.05) is 32.2 Å². The lowest BCUT2D eigenvalue weighted by Crippen LogP contribution is -2.52. The Labute approximate surface area is 133 Å². The fourth-order valence-electron chi connectivity index (χ4n) is 3.20. The van der Waals surface area contributed by atoms with Crippen molar-refractivity contribution in [2.24, 2.45) is 0 Å². The minimum absolute atomic E-state index is 0.0248. The number of carbonyl (C=O) groups excluding carboxylic acids is 1. The van der Waals surface area contributed by atoms with E-state index >= 15 is 0 Å². The number of hydrogen-bond donors (Lipinski definition) is 2. The van der Waals surface area contributed by atoms with Gasteiger partial charge >= 0.3 is 6.03 Å². The number of nitrogens with zero attached hydrogens (tertiary/aromatic N) is 2. The summed E-state index contributed by atoms with van der Waals surface area (Å²) in [5.74, 6) is 0. The number of hydrogen-bond acceptors (Lipinski definition) is 4. The van der Waals surface area contributed by atoms with E-state index in [0.29, 0.717) is 25.6 Å². The van der Waals surface area contributed by atoms with E-state index in [2.05, 4.69) is 14.9 Å². The van der Waals surface area contributed by atoms with E-state index in [-0.39, 0.29) is 6.03 Å². The van der Waals surface area contributed by atoms with Gasteiger partial charge in [-0.05, 0) is 45.2 Å². The topological polar surface area (TPSA) is 81.8 Å². The molecule has 2 aliphatic heterocycles. The van der Waals surface area contributed by atoms with Gasteiger partial charge < -0.3 is 10.2 Å². The lowest BCUT2D eigenvalue weighted by Gasteiger charge is -2.37. The monoisotopic (exact) mass is 332 g/mol. The highest BCUT2D eigenvalue weighted by Crippen LogP contribution is 2.20. The Morgan fingerprint density at radius 1 is 1.14 bits per heavy atom. The number of likely N-dealkylation sites (tertiary alicyclic amines) is 2. The lowest BCUT2D eigenvalue weighted by atomic mass is 10.0. The molecule has 0 aromatic rings. The maximum Gasteiger partial charge on any atom is 0.317 e. The highest BCUT2D eigenvalue weighted by Gasteiger charge is 2.28. The van der Waals surface area contributed by atoms with Crippen molar-refractivity contribution >= 4 is 16.1 Å². The molecule has 8 heteroatoms. The molecule has 0 bridgehead atoms. The van der Waals surface area contributed by atoms with Crippen molar-refractivity contribution in [2.45, 2.75) is 38.1 Å². The van der Waals surface area contributed by atoms with Crippen molar-refractivity contribution in [3.63, 3.8) is 0 Å². The highest BCUT2D eigenvalue weighted by atomic mass is 32.2. The maximum absolute atomic E-state index is 12.2. The third-order valence-electron chi connectivity index (χ3n) is 4.33. The highest BCUT2D eigenvalue weighted by molar-refractivity contribution is 7.88. The minimum atomic E-state index is -3.14. The average Bonchev–Trinajstić information content (AvgIpc) is 3.00. The molecule has 0 aliphatic carbocycles. The van der Waals surface area contributed by atoms with Crippen LogP contribution in [0.15, 0.2) is 0 Å². The van der Waals surface area contributed by atoms with Gasteiger partial charge in [0.15, 0.2) is 0 Å². The zero-order chi connectivity index (χ0) is 16.0. The molecule has 0 saturated carbocycles. The van der Waals surface area contributed by atoms with Gasteiger partial charge in [-0.15, -0.1) is 0 Å². The average molecular weight is 332 g/mol. The molecule has 0 radical (unpaired) electrons. The zero-order valence-corrected chi connectivity index (χ0v) is 14.2. The Bertz CT molecular complexity index is 463. The van der Waals surface area contributed by atoms with Crippen molar-refractivity contribution in [3.05, 3.63) is 0 Å². The van der Waals surface area contributed by atoms with E-state index in [1.54, 1.807) is 0 Å². The minimum Gasteiger partial charge on any atom is -0.338 e.